The number of rotatable bonds is 23. The van der Waals surface area contributed by atoms with Crippen LogP contribution in [0.3, 0.4) is 0 Å². The van der Waals surface area contributed by atoms with E-state index >= 15 is 0 Å². The van der Waals surface area contributed by atoms with Crippen LogP contribution in [0.5, 0.6) is 0 Å². The van der Waals surface area contributed by atoms with Crippen molar-refractivity contribution in [3.8, 4) is 0 Å². The Bertz CT molecular complexity index is 1510. The van der Waals surface area contributed by atoms with Crippen molar-refractivity contribution in [2.45, 2.75) is 134 Å². The number of hydrogen-bond acceptors (Lipinski definition) is 11. The highest BCUT2D eigenvalue weighted by Gasteiger charge is 2.85. The number of carboxylic acid groups (broad SMARTS) is 3. The Balaban J connectivity index is 2.35. The number of allylic oxidation sites excluding steroid dienone is 10. The third-order valence-corrected chi connectivity index (χ3v) is 9.76. The molecule has 0 saturated carbocycles. The number of hydrogen-bond donors (Lipinski definition) is 5. The quantitative estimate of drug-likeness (QED) is 0.0513. The summed E-state index contributed by atoms with van der Waals surface area (Å²) in [6, 6.07) is 0. The summed E-state index contributed by atoms with van der Waals surface area (Å²) >= 11 is 0. The average molecular weight is 761 g/mol. The normalized spacial score (nSPS) is 28.7. The fourth-order valence-corrected chi connectivity index (χ4v) is 6.92. The van der Waals surface area contributed by atoms with Crippen LogP contribution in [-0.2, 0) is 42.9 Å². The Kier molecular flexibility index (Phi) is 17.3. The third kappa shape index (κ3) is 10.6. The van der Waals surface area contributed by atoms with Crippen LogP contribution in [0.15, 0.2) is 72.9 Å². The summed E-state index contributed by atoms with van der Waals surface area (Å²) in [6.07, 6.45) is 8.88. The minimum atomic E-state index is -3.88. The summed E-state index contributed by atoms with van der Waals surface area (Å²) in [5.74, 6) is -11.0. The maximum absolute atomic E-state index is 13.1. The third-order valence-electron chi connectivity index (χ3n) is 9.76. The molecule has 2 bridgehead atoms. The van der Waals surface area contributed by atoms with E-state index in [0.717, 1.165) is 24.8 Å². The van der Waals surface area contributed by atoms with Crippen LogP contribution >= 0.6 is 0 Å². The molecule has 0 aromatic carbocycles. The van der Waals surface area contributed by atoms with E-state index in [0.29, 0.717) is 6.42 Å². The van der Waals surface area contributed by atoms with Crippen LogP contribution in [0, 0.1) is 11.8 Å². The number of carboxylic acids is 3. The lowest BCUT2D eigenvalue weighted by atomic mass is 9.74. The van der Waals surface area contributed by atoms with E-state index in [4.69, 9.17) is 18.9 Å². The first-order valence-corrected chi connectivity index (χ1v) is 18.1. The van der Waals surface area contributed by atoms with Crippen molar-refractivity contribution in [3.05, 3.63) is 72.9 Å². The highest BCUT2D eigenvalue weighted by molar-refractivity contribution is 5.98. The molecular weight excluding hydrogens is 704 g/mol. The summed E-state index contributed by atoms with van der Waals surface area (Å²) in [5, 5.41) is 53.7. The van der Waals surface area contributed by atoms with Crippen LogP contribution in [0.1, 0.15) is 92.4 Å². The molecule has 2 heterocycles. The van der Waals surface area contributed by atoms with E-state index < -0.39 is 77.7 Å². The Labute approximate surface area is 316 Å². The molecule has 300 valence electrons. The van der Waals surface area contributed by atoms with Crippen molar-refractivity contribution in [3.63, 3.8) is 0 Å². The number of aliphatic carboxylic acids is 3. The van der Waals surface area contributed by atoms with Gasteiger partial charge in [-0.1, -0.05) is 81.2 Å². The summed E-state index contributed by atoms with van der Waals surface area (Å²) in [4.78, 5) is 63.1. The summed E-state index contributed by atoms with van der Waals surface area (Å²) in [6.45, 7) is 16.5. The van der Waals surface area contributed by atoms with Crippen LogP contribution in [0.25, 0.3) is 0 Å². The van der Waals surface area contributed by atoms with Crippen LogP contribution in [-0.4, -0.2) is 96.8 Å². The average Bonchev–Trinajstić information content (AvgIpc) is 3.31. The molecule has 9 atom stereocenters. The van der Waals surface area contributed by atoms with Gasteiger partial charge in [-0.3, -0.25) is 9.59 Å². The van der Waals surface area contributed by atoms with Gasteiger partial charge in [0.1, 0.15) is 12.2 Å². The van der Waals surface area contributed by atoms with Crippen LogP contribution < -0.4 is 0 Å². The van der Waals surface area contributed by atoms with E-state index in [2.05, 4.69) is 26.2 Å². The molecule has 2 rings (SSSR count). The second-order valence-electron chi connectivity index (χ2n) is 14.0. The molecule has 0 spiro atoms. The van der Waals surface area contributed by atoms with Crippen molar-refractivity contribution in [2.75, 3.05) is 0 Å². The molecule has 9 unspecified atom stereocenters. The van der Waals surface area contributed by atoms with Gasteiger partial charge < -0.3 is 44.5 Å². The van der Waals surface area contributed by atoms with E-state index in [1.54, 1.807) is 24.3 Å². The molecule has 0 aromatic heterocycles. The van der Waals surface area contributed by atoms with Gasteiger partial charge in [-0.15, -0.1) is 0 Å². The number of fused-ring (bicyclic) bond motifs is 2. The highest BCUT2D eigenvalue weighted by Crippen LogP contribution is 2.55. The van der Waals surface area contributed by atoms with E-state index in [1.807, 2.05) is 39.0 Å². The molecule has 14 nitrogen and oxygen atoms in total. The Morgan fingerprint density at radius 3 is 2.20 bits per heavy atom. The van der Waals surface area contributed by atoms with Gasteiger partial charge in [-0.2, -0.15) is 0 Å². The van der Waals surface area contributed by atoms with Crippen LogP contribution in [0.2, 0.25) is 0 Å². The minimum absolute atomic E-state index is 0.0588. The summed E-state index contributed by atoms with van der Waals surface area (Å²) in [7, 11) is 0. The lowest BCUT2D eigenvalue weighted by Gasteiger charge is -2.48. The number of esters is 2. The predicted octanol–water partition coefficient (Wildman–Crippen LogP) is 5.20. The molecule has 0 aliphatic carbocycles. The predicted molar refractivity (Wildman–Crippen MR) is 197 cm³/mol. The SMILES string of the molecule is C=CC=C(C=C)CC(C)C(CCCC12OC(C(=O)O)C(O)(C(=O)O)C(C(=O)O)(O1)C(OC(=O)CCC=CC(C)CCCC(C)=CC=CC)C2O)OC(C)=O. The van der Waals surface area contributed by atoms with Gasteiger partial charge in [0, 0.05) is 19.8 Å². The van der Waals surface area contributed by atoms with E-state index in [1.165, 1.54) is 12.5 Å². The fraction of sp³-hybridized carbons (Fsp3) is 0.575. The lowest BCUT2D eigenvalue weighted by Crippen LogP contribution is -2.78. The molecular formula is C40H56O14. The Morgan fingerprint density at radius 1 is 0.963 bits per heavy atom. The number of carbonyl (C=O) groups excluding carboxylic acids is 2. The molecule has 5 N–H and O–H groups in total. The lowest BCUT2D eigenvalue weighted by molar-refractivity contribution is -0.374. The molecule has 2 aliphatic rings. The molecule has 14 heteroatoms. The Hall–Kier alpha value is -4.37. The molecule has 0 radical (unpaired) electrons. The molecule has 2 aliphatic heterocycles. The number of aliphatic hydroxyl groups is 2. The highest BCUT2D eigenvalue weighted by atomic mass is 16.8. The second kappa shape index (κ2) is 20.3. The summed E-state index contributed by atoms with van der Waals surface area (Å²) in [5.41, 5.74) is -5.34. The number of aliphatic hydroxyl groups excluding tert-OH is 1. The Morgan fingerprint density at radius 2 is 1.65 bits per heavy atom. The van der Waals surface area contributed by atoms with Gasteiger partial charge in [0.05, 0.1) is 0 Å². The first-order chi connectivity index (χ1) is 25.4. The van der Waals surface area contributed by atoms with Crippen molar-refractivity contribution >= 4 is 29.8 Å². The molecule has 2 fully saturated rings. The van der Waals surface area contributed by atoms with Gasteiger partial charge >= 0.3 is 29.8 Å². The fourth-order valence-electron chi connectivity index (χ4n) is 6.92. The second-order valence-corrected chi connectivity index (χ2v) is 14.0. The largest absolute Gasteiger partial charge is 0.479 e. The van der Waals surface area contributed by atoms with Gasteiger partial charge in [0.15, 0.2) is 6.10 Å². The molecule has 2 saturated heterocycles. The van der Waals surface area contributed by atoms with Crippen LogP contribution in [0.4, 0.5) is 0 Å². The zero-order valence-corrected chi connectivity index (χ0v) is 31.8. The molecule has 0 amide bonds. The van der Waals surface area contributed by atoms with E-state index in [-0.39, 0.29) is 37.5 Å². The zero-order chi connectivity index (χ0) is 40.9. The van der Waals surface area contributed by atoms with Gasteiger partial charge in [0.25, 0.3) is 0 Å². The van der Waals surface area contributed by atoms with Crippen molar-refractivity contribution in [1.29, 1.82) is 0 Å². The van der Waals surface area contributed by atoms with Gasteiger partial charge in [-0.25, -0.2) is 14.4 Å². The topological polar surface area (TPSA) is 223 Å². The maximum Gasteiger partial charge on any atom is 0.344 e. The zero-order valence-electron chi connectivity index (χ0n) is 31.8. The van der Waals surface area contributed by atoms with Gasteiger partial charge in [0.2, 0.25) is 23.1 Å². The standard InChI is InChI=1S/C40H56O14/c1-8-11-17-25(4)19-14-20-26(5)18-12-13-22-31(42)52-33-32(43)38(23-15-21-30(51-28(7)41)27(6)24-29(10-3)16-9-2)53-34(35(44)45)39(50,36(46)47)40(33,54-38)37(48)49/h8-12,16-18,26-27,30,32-34,43,50H,2-3,13-15,19-24H2,1,4-7H3,(H,44,45)(H,46,47)(H,48,49). The monoisotopic (exact) mass is 760 g/mol. The molecule has 54 heavy (non-hydrogen) atoms. The first-order valence-electron chi connectivity index (χ1n) is 18.1. The number of ether oxygens (including phenoxy) is 4. The minimum Gasteiger partial charge on any atom is -0.479 e. The summed E-state index contributed by atoms with van der Waals surface area (Å²) < 4.78 is 22.1. The number of carbonyl (C=O) groups is 5. The van der Waals surface area contributed by atoms with Gasteiger partial charge in [-0.05, 0) is 76.2 Å². The van der Waals surface area contributed by atoms with Crippen molar-refractivity contribution in [2.24, 2.45) is 11.8 Å². The van der Waals surface area contributed by atoms with E-state index in [9.17, 15) is 49.5 Å². The van der Waals surface area contributed by atoms with Crippen molar-refractivity contribution in [1.82, 2.24) is 0 Å². The van der Waals surface area contributed by atoms with Crippen molar-refractivity contribution < 1.29 is 68.5 Å². The maximum atomic E-state index is 13.1. The first kappa shape index (κ1) is 45.8. The molecule has 0 aromatic rings. The smallest absolute Gasteiger partial charge is 0.344 e.